The van der Waals surface area contributed by atoms with Crippen LogP contribution in [0, 0.1) is 0 Å². The number of carbonyl (C=O) groups excluding carboxylic acids is 2. The van der Waals surface area contributed by atoms with E-state index < -0.39 is 17.6 Å². The molecule has 1 aliphatic heterocycles. The summed E-state index contributed by atoms with van der Waals surface area (Å²) in [5, 5.41) is 2.36. The van der Waals surface area contributed by atoms with Gasteiger partial charge in [0.1, 0.15) is 0 Å². The monoisotopic (exact) mass is 447 g/mol. The number of unbranched alkanes of at least 4 members (excludes halogenated alkanes) is 1. The highest BCUT2D eigenvalue weighted by Crippen LogP contribution is 2.34. The maximum atomic E-state index is 13.1. The molecule has 0 aromatic heterocycles. The van der Waals surface area contributed by atoms with Crippen LogP contribution in [0.2, 0.25) is 0 Å². The minimum atomic E-state index is -4.54. The molecule has 1 heterocycles. The van der Waals surface area contributed by atoms with Gasteiger partial charge in [-0.1, -0.05) is 37.6 Å². The number of hydrogen-bond acceptors (Lipinski definition) is 3. The minimum Gasteiger partial charge on any atom is -0.336 e. The molecule has 0 spiro atoms. The van der Waals surface area contributed by atoms with E-state index in [1.165, 1.54) is 23.8 Å². The van der Waals surface area contributed by atoms with Gasteiger partial charge in [0.2, 0.25) is 5.91 Å². The van der Waals surface area contributed by atoms with Crippen LogP contribution in [-0.2, 0) is 17.4 Å². The van der Waals surface area contributed by atoms with Crippen LogP contribution in [0.5, 0.6) is 0 Å². The van der Waals surface area contributed by atoms with Crippen molar-refractivity contribution in [3.63, 3.8) is 0 Å². The number of aryl methyl sites for hydroxylation is 1. The number of nitrogens with one attached hydrogen (secondary N) is 1. The summed E-state index contributed by atoms with van der Waals surface area (Å²) < 4.78 is 39.3. The SMILES string of the molecule is CCCCc1ccc(C(=O)N2CCN(CC(=O)Nc3ccccc3C(F)(F)F)CC2)cc1. The fourth-order valence-electron chi connectivity index (χ4n) is 3.72. The van der Waals surface area contributed by atoms with Crippen LogP contribution in [0.3, 0.4) is 0 Å². The van der Waals surface area contributed by atoms with Gasteiger partial charge in [-0.2, -0.15) is 13.2 Å². The molecule has 0 radical (unpaired) electrons. The Labute approximate surface area is 186 Å². The van der Waals surface area contributed by atoms with E-state index >= 15 is 0 Å². The number of halogens is 3. The Hall–Kier alpha value is -2.87. The van der Waals surface area contributed by atoms with Crippen LogP contribution in [0.15, 0.2) is 48.5 Å². The highest BCUT2D eigenvalue weighted by molar-refractivity contribution is 5.94. The maximum absolute atomic E-state index is 13.1. The molecule has 8 heteroatoms. The molecule has 2 amide bonds. The number of benzene rings is 2. The second-order valence-corrected chi connectivity index (χ2v) is 7.96. The summed E-state index contributed by atoms with van der Waals surface area (Å²) >= 11 is 0. The topological polar surface area (TPSA) is 52.7 Å². The molecule has 0 aliphatic carbocycles. The van der Waals surface area contributed by atoms with Crippen LogP contribution in [0.25, 0.3) is 0 Å². The van der Waals surface area contributed by atoms with Gasteiger partial charge in [-0.15, -0.1) is 0 Å². The average Bonchev–Trinajstić information content (AvgIpc) is 2.77. The van der Waals surface area contributed by atoms with Gasteiger partial charge in [-0.25, -0.2) is 0 Å². The van der Waals surface area contributed by atoms with Crippen LogP contribution in [0.4, 0.5) is 18.9 Å². The van der Waals surface area contributed by atoms with Crippen molar-refractivity contribution in [3.05, 3.63) is 65.2 Å². The smallest absolute Gasteiger partial charge is 0.336 e. The van der Waals surface area contributed by atoms with Crippen molar-refractivity contribution in [2.45, 2.75) is 32.4 Å². The van der Waals surface area contributed by atoms with Gasteiger partial charge in [-0.05, 0) is 42.7 Å². The molecule has 32 heavy (non-hydrogen) atoms. The molecule has 1 fully saturated rings. The number of carbonyl (C=O) groups is 2. The first-order valence-corrected chi connectivity index (χ1v) is 10.8. The summed E-state index contributed by atoms with van der Waals surface area (Å²) in [6.45, 7) is 4.00. The highest BCUT2D eigenvalue weighted by atomic mass is 19.4. The van der Waals surface area contributed by atoms with Crippen molar-refractivity contribution in [2.24, 2.45) is 0 Å². The first-order chi connectivity index (χ1) is 15.3. The van der Waals surface area contributed by atoms with E-state index in [0.29, 0.717) is 31.7 Å². The lowest BCUT2D eigenvalue weighted by molar-refractivity contribution is -0.137. The maximum Gasteiger partial charge on any atom is 0.418 e. The Morgan fingerprint density at radius 1 is 0.969 bits per heavy atom. The third-order valence-electron chi connectivity index (χ3n) is 5.55. The molecule has 0 unspecified atom stereocenters. The van der Waals surface area contributed by atoms with Gasteiger partial charge in [0.15, 0.2) is 0 Å². The van der Waals surface area contributed by atoms with Crippen LogP contribution in [0.1, 0.15) is 41.3 Å². The number of alkyl halides is 3. The molecule has 0 atom stereocenters. The van der Waals surface area contributed by atoms with Gasteiger partial charge in [0, 0.05) is 31.7 Å². The zero-order valence-corrected chi connectivity index (χ0v) is 18.1. The first-order valence-electron chi connectivity index (χ1n) is 10.8. The quantitative estimate of drug-likeness (QED) is 0.683. The number of rotatable bonds is 7. The standard InChI is InChI=1S/C24H28F3N3O2/c1-2-3-6-18-9-11-19(12-10-18)23(32)30-15-13-29(14-16-30)17-22(31)28-21-8-5-4-7-20(21)24(25,26)27/h4-5,7-12H,2-3,6,13-17H2,1H3,(H,28,31). The minimum absolute atomic E-state index is 0.0274. The Bertz CT molecular complexity index is 921. The Kier molecular flexibility index (Phi) is 7.90. The van der Waals surface area contributed by atoms with Gasteiger partial charge >= 0.3 is 6.18 Å². The normalized spacial score (nSPS) is 14.9. The number of anilines is 1. The fraction of sp³-hybridized carbons (Fsp3) is 0.417. The second-order valence-electron chi connectivity index (χ2n) is 7.96. The Morgan fingerprint density at radius 3 is 2.25 bits per heavy atom. The lowest BCUT2D eigenvalue weighted by atomic mass is 10.1. The molecule has 2 aromatic carbocycles. The Morgan fingerprint density at radius 2 is 1.62 bits per heavy atom. The molecular weight excluding hydrogens is 419 g/mol. The predicted octanol–water partition coefficient (Wildman–Crippen LogP) is 4.44. The molecule has 5 nitrogen and oxygen atoms in total. The molecule has 172 valence electrons. The van der Waals surface area contributed by atoms with E-state index in [0.717, 1.165) is 25.3 Å². The zero-order chi connectivity index (χ0) is 23.1. The van der Waals surface area contributed by atoms with E-state index in [4.69, 9.17) is 0 Å². The Balaban J connectivity index is 1.50. The van der Waals surface area contributed by atoms with Crippen molar-refractivity contribution in [1.29, 1.82) is 0 Å². The predicted molar refractivity (Wildman–Crippen MR) is 117 cm³/mol. The number of para-hydroxylation sites is 1. The second kappa shape index (κ2) is 10.6. The first kappa shape index (κ1) is 23.8. The lowest BCUT2D eigenvalue weighted by Crippen LogP contribution is -2.50. The molecule has 0 saturated carbocycles. The van der Waals surface area contributed by atoms with Crippen LogP contribution >= 0.6 is 0 Å². The van der Waals surface area contributed by atoms with Gasteiger partial charge in [0.25, 0.3) is 5.91 Å². The van der Waals surface area contributed by atoms with Crippen molar-refractivity contribution in [3.8, 4) is 0 Å². The number of amides is 2. The summed E-state index contributed by atoms with van der Waals surface area (Å²) in [6.07, 6.45) is -1.30. The molecule has 3 rings (SSSR count). The summed E-state index contributed by atoms with van der Waals surface area (Å²) in [5.74, 6) is -0.556. The zero-order valence-electron chi connectivity index (χ0n) is 18.1. The van der Waals surface area contributed by atoms with Gasteiger partial charge in [-0.3, -0.25) is 14.5 Å². The molecule has 2 aromatic rings. The van der Waals surface area contributed by atoms with E-state index in [-0.39, 0.29) is 18.1 Å². The number of nitrogens with zero attached hydrogens (tertiary/aromatic N) is 2. The van der Waals surface area contributed by atoms with Crippen molar-refractivity contribution in [1.82, 2.24) is 9.80 Å². The largest absolute Gasteiger partial charge is 0.418 e. The van der Waals surface area contributed by atoms with Crippen LogP contribution in [-0.4, -0.2) is 54.3 Å². The third kappa shape index (κ3) is 6.32. The summed E-state index contributed by atoms with van der Waals surface area (Å²) in [4.78, 5) is 28.6. The molecule has 1 aliphatic rings. The fourth-order valence-corrected chi connectivity index (χ4v) is 3.72. The van der Waals surface area contributed by atoms with Crippen molar-refractivity contribution < 1.29 is 22.8 Å². The van der Waals surface area contributed by atoms with E-state index in [9.17, 15) is 22.8 Å². The number of hydrogen-bond donors (Lipinski definition) is 1. The van der Waals surface area contributed by atoms with E-state index in [1.54, 1.807) is 4.90 Å². The van der Waals surface area contributed by atoms with Crippen LogP contribution < -0.4 is 5.32 Å². The molecule has 1 saturated heterocycles. The summed E-state index contributed by atoms with van der Waals surface area (Å²) in [5.41, 5.74) is 0.734. The van der Waals surface area contributed by atoms with Crippen molar-refractivity contribution in [2.75, 3.05) is 38.0 Å². The third-order valence-corrected chi connectivity index (χ3v) is 5.55. The lowest BCUT2D eigenvalue weighted by Gasteiger charge is -2.34. The van der Waals surface area contributed by atoms with E-state index in [1.807, 2.05) is 29.2 Å². The summed E-state index contributed by atoms with van der Waals surface area (Å²) in [6, 6.07) is 12.6. The molecule has 0 bridgehead atoms. The number of piperazine rings is 1. The van der Waals surface area contributed by atoms with E-state index in [2.05, 4.69) is 12.2 Å². The van der Waals surface area contributed by atoms with Gasteiger partial charge in [0.05, 0.1) is 17.8 Å². The highest BCUT2D eigenvalue weighted by Gasteiger charge is 2.33. The molecular formula is C24H28F3N3O2. The van der Waals surface area contributed by atoms with Crippen molar-refractivity contribution >= 4 is 17.5 Å². The average molecular weight is 448 g/mol. The summed E-state index contributed by atoms with van der Waals surface area (Å²) in [7, 11) is 0. The molecule has 1 N–H and O–H groups in total. The van der Waals surface area contributed by atoms with Gasteiger partial charge < -0.3 is 10.2 Å².